The Hall–Kier alpha value is 0.210. The second-order valence-electron chi connectivity index (χ2n) is 3.55. The molecule has 1 saturated heterocycles. The first kappa shape index (κ1) is 11.3. The lowest BCUT2D eigenvalue weighted by molar-refractivity contribution is 0.0934. The van der Waals surface area contributed by atoms with Crippen molar-refractivity contribution < 1.29 is 4.74 Å². The summed E-state index contributed by atoms with van der Waals surface area (Å²) in [4.78, 5) is 2.38. The van der Waals surface area contributed by atoms with Gasteiger partial charge in [0.2, 0.25) is 0 Å². The molecule has 1 aliphatic rings. The molecule has 0 spiro atoms. The van der Waals surface area contributed by atoms with Gasteiger partial charge in [-0.25, -0.2) is 0 Å². The Balaban J connectivity index is 2.07. The summed E-state index contributed by atoms with van der Waals surface area (Å²) < 4.78 is 5.57. The maximum Gasteiger partial charge on any atom is 0.0588 e. The van der Waals surface area contributed by atoms with Crippen LogP contribution in [0.15, 0.2) is 0 Å². The largest absolute Gasteiger partial charge is 0.378 e. The molecule has 0 saturated carbocycles. The summed E-state index contributed by atoms with van der Waals surface area (Å²) >= 11 is 5.70. The van der Waals surface area contributed by atoms with Crippen molar-refractivity contribution in [3.63, 3.8) is 0 Å². The van der Waals surface area contributed by atoms with Gasteiger partial charge in [-0.3, -0.25) is 0 Å². The van der Waals surface area contributed by atoms with Crippen molar-refractivity contribution in [3.05, 3.63) is 0 Å². The molecule has 0 bridgehead atoms. The molecule has 0 amide bonds. The van der Waals surface area contributed by atoms with Crippen molar-refractivity contribution in [1.29, 1.82) is 0 Å². The van der Waals surface area contributed by atoms with Crippen LogP contribution in [0.5, 0.6) is 0 Å². The first-order chi connectivity index (χ1) is 6.36. The Bertz CT molecular complexity index is 126. The molecular formula is C10H20ClNO. The Labute approximate surface area is 86.2 Å². The lowest BCUT2D eigenvalue weighted by atomic mass is 10.2. The van der Waals surface area contributed by atoms with Crippen molar-refractivity contribution in [2.75, 3.05) is 32.1 Å². The Kier molecular flexibility index (Phi) is 5.76. The average Bonchev–Trinajstić information content (AvgIpc) is 2.64. The zero-order valence-electron chi connectivity index (χ0n) is 8.47. The number of halogens is 1. The van der Waals surface area contributed by atoms with E-state index in [2.05, 4.69) is 11.8 Å². The second-order valence-corrected chi connectivity index (χ2v) is 3.92. The normalized spacial score (nSPS) is 22.8. The smallest absolute Gasteiger partial charge is 0.0588 e. The highest BCUT2D eigenvalue weighted by molar-refractivity contribution is 6.18. The van der Waals surface area contributed by atoms with E-state index in [1.54, 1.807) is 0 Å². The fraction of sp³-hybridized carbons (Fsp3) is 1.00. The van der Waals surface area contributed by atoms with Crippen LogP contribution in [0, 0.1) is 0 Å². The van der Waals surface area contributed by atoms with Crippen LogP contribution in [0.4, 0.5) is 0 Å². The standard InChI is InChI=1S/C10H20ClNO/c1-2-12(8-6-11)7-5-10-4-3-9-13-10/h10H,2-9H2,1H3. The van der Waals surface area contributed by atoms with E-state index in [1.165, 1.54) is 19.3 Å². The van der Waals surface area contributed by atoms with Crippen molar-refractivity contribution in [2.24, 2.45) is 0 Å². The fourth-order valence-corrected chi connectivity index (χ4v) is 1.99. The van der Waals surface area contributed by atoms with E-state index in [-0.39, 0.29) is 0 Å². The summed E-state index contributed by atoms with van der Waals surface area (Å²) in [5.41, 5.74) is 0. The summed E-state index contributed by atoms with van der Waals surface area (Å²) in [7, 11) is 0. The van der Waals surface area contributed by atoms with E-state index in [9.17, 15) is 0 Å². The molecule has 1 rings (SSSR count). The summed E-state index contributed by atoms with van der Waals surface area (Å²) in [5, 5.41) is 0. The third-order valence-corrected chi connectivity index (χ3v) is 2.81. The SMILES string of the molecule is CCN(CCCl)CCC1CCCO1. The minimum atomic E-state index is 0.518. The molecule has 3 heteroatoms. The zero-order valence-corrected chi connectivity index (χ0v) is 9.22. The predicted octanol–water partition coefficient (Wildman–Crippen LogP) is 2.12. The number of nitrogens with zero attached hydrogens (tertiary/aromatic N) is 1. The maximum absolute atomic E-state index is 5.70. The third-order valence-electron chi connectivity index (χ3n) is 2.64. The quantitative estimate of drug-likeness (QED) is 0.616. The van der Waals surface area contributed by atoms with Crippen LogP contribution in [-0.4, -0.2) is 43.1 Å². The zero-order chi connectivity index (χ0) is 9.52. The average molecular weight is 206 g/mol. The van der Waals surface area contributed by atoms with Gasteiger partial charge in [0, 0.05) is 25.6 Å². The molecule has 1 unspecified atom stereocenters. The van der Waals surface area contributed by atoms with Crippen LogP contribution in [-0.2, 0) is 4.74 Å². The van der Waals surface area contributed by atoms with Gasteiger partial charge in [0.25, 0.3) is 0 Å². The van der Waals surface area contributed by atoms with E-state index >= 15 is 0 Å². The van der Waals surface area contributed by atoms with Crippen LogP contribution in [0.2, 0.25) is 0 Å². The summed E-state index contributed by atoms with van der Waals surface area (Å²) in [5.74, 6) is 0.735. The molecule has 0 aromatic heterocycles. The number of hydrogen-bond donors (Lipinski definition) is 0. The van der Waals surface area contributed by atoms with Crippen molar-refractivity contribution in [2.45, 2.75) is 32.3 Å². The second kappa shape index (κ2) is 6.63. The molecule has 78 valence electrons. The lowest BCUT2D eigenvalue weighted by Gasteiger charge is -2.20. The molecule has 1 atom stereocenters. The van der Waals surface area contributed by atoms with Gasteiger partial charge in [-0.1, -0.05) is 6.92 Å². The Morgan fingerprint density at radius 1 is 1.46 bits per heavy atom. The molecule has 1 fully saturated rings. The van der Waals surface area contributed by atoms with Crippen molar-refractivity contribution in [3.8, 4) is 0 Å². The highest BCUT2D eigenvalue weighted by Crippen LogP contribution is 2.15. The van der Waals surface area contributed by atoms with Crippen LogP contribution in [0.25, 0.3) is 0 Å². The Morgan fingerprint density at radius 2 is 2.31 bits per heavy atom. The molecular weight excluding hydrogens is 186 g/mol. The molecule has 1 aliphatic heterocycles. The van der Waals surface area contributed by atoms with Gasteiger partial charge in [0.1, 0.15) is 0 Å². The third kappa shape index (κ3) is 4.30. The van der Waals surface area contributed by atoms with Crippen LogP contribution in [0.3, 0.4) is 0 Å². The van der Waals surface area contributed by atoms with E-state index in [4.69, 9.17) is 16.3 Å². The lowest BCUT2D eigenvalue weighted by Crippen LogP contribution is -2.28. The van der Waals surface area contributed by atoms with E-state index < -0.39 is 0 Å². The molecule has 0 N–H and O–H groups in total. The molecule has 0 aromatic rings. The molecule has 2 nitrogen and oxygen atoms in total. The van der Waals surface area contributed by atoms with E-state index in [0.29, 0.717) is 6.10 Å². The highest BCUT2D eigenvalue weighted by Gasteiger charge is 2.15. The minimum absolute atomic E-state index is 0.518. The first-order valence-corrected chi connectivity index (χ1v) is 5.80. The highest BCUT2D eigenvalue weighted by atomic mass is 35.5. The molecule has 0 aromatic carbocycles. The number of alkyl halides is 1. The molecule has 0 radical (unpaired) electrons. The monoisotopic (exact) mass is 205 g/mol. The minimum Gasteiger partial charge on any atom is -0.378 e. The number of hydrogen-bond acceptors (Lipinski definition) is 2. The van der Waals surface area contributed by atoms with Gasteiger partial charge in [0.05, 0.1) is 6.10 Å². The van der Waals surface area contributed by atoms with Gasteiger partial charge in [-0.2, -0.15) is 0 Å². The fourth-order valence-electron chi connectivity index (χ4n) is 1.75. The van der Waals surface area contributed by atoms with E-state index in [0.717, 1.165) is 32.1 Å². The Morgan fingerprint density at radius 3 is 2.85 bits per heavy atom. The number of rotatable bonds is 6. The summed E-state index contributed by atoms with van der Waals surface area (Å²) in [6, 6.07) is 0. The maximum atomic E-state index is 5.70. The summed E-state index contributed by atoms with van der Waals surface area (Å²) in [6.07, 6.45) is 4.18. The molecule has 1 heterocycles. The number of ether oxygens (including phenoxy) is 1. The predicted molar refractivity (Wildman–Crippen MR) is 56.4 cm³/mol. The van der Waals surface area contributed by atoms with Gasteiger partial charge in [-0.05, 0) is 25.8 Å². The molecule has 13 heavy (non-hydrogen) atoms. The van der Waals surface area contributed by atoms with E-state index in [1.807, 2.05) is 0 Å². The summed E-state index contributed by atoms with van der Waals surface area (Å²) in [6.45, 7) is 6.38. The van der Waals surface area contributed by atoms with Crippen LogP contribution < -0.4 is 0 Å². The van der Waals surface area contributed by atoms with Gasteiger partial charge < -0.3 is 9.64 Å². The van der Waals surface area contributed by atoms with Crippen molar-refractivity contribution in [1.82, 2.24) is 4.90 Å². The topological polar surface area (TPSA) is 12.5 Å². The van der Waals surface area contributed by atoms with Gasteiger partial charge in [-0.15, -0.1) is 11.6 Å². The first-order valence-electron chi connectivity index (χ1n) is 5.26. The molecule has 0 aliphatic carbocycles. The van der Waals surface area contributed by atoms with Crippen molar-refractivity contribution >= 4 is 11.6 Å². The van der Waals surface area contributed by atoms with Gasteiger partial charge in [0.15, 0.2) is 0 Å². The van der Waals surface area contributed by atoms with Crippen LogP contribution >= 0.6 is 11.6 Å². The van der Waals surface area contributed by atoms with Gasteiger partial charge >= 0.3 is 0 Å². The van der Waals surface area contributed by atoms with Crippen LogP contribution in [0.1, 0.15) is 26.2 Å².